The van der Waals surface area contributed by atoms with Gasteiger partial charge in [0.05, 0.1) is 0 Å². The van der Waals surface area contributed by atoms with Gasteiger partial charge < -0.3 is 10.0 Å². The van der Waals surface area contributed by atoms with Crippen molar-refractivity contribution in [1.29, 1.82) is 0 Å². The minimum Gasteiger partial charge on any atom is -0.505 e. The quantitative estimate of drug-likeness (QED) is 0.854. The van der Waals surface area contributed by atoms with Gasteiger partial charge >= 0.3 is 0 Å². The zero-order chi connectivity index (χ0) is 14.9. The van der Waals surface area contributed by atoms with Gasteiger partial charge in [0.25, 0.3) is 5.78 Å². The smallest absolute Gasteiger partial charge is 0.253 e. The Morgan fingerprint density at radius 3 is 2.25 bits per heavy atom. The first-order valence-electron chi connectivity index (χ1n) is 6.44. The Hall–Kier alpha value is -2.43. The molecular formula is C15H15NO4. The Morgan fingerprint density at radius 2 is 1.70 bits per heavy atom. The molecule has 0 radical (unpaired) electrons. The van der Waals surface area contributed by atoms with E-state index in [1.807, 2.05) is 0 Å². The normalized spacial score (nSPS) is 14.3. The number of carbonyl (C=O) groups excluding carboxylic acids is 3. The van der Waals surface area contributed by atoms with Crippen LogP contribution in [0.2, 0.25) is 0 Å². The molecule has 1 aromatic carbocycles. The van der Waals surface area contributed by atoms with Gasteiger partial charge in [0.15, 0.2) is 5.76 Å². The molecule has 0 bridgehead atoms. The highest BCUT2D eigenvalue weighted by Gasteiger charge is 2.36. The van der Waals surface area contributed by atoms with Crippen molar-refractivity contribution in [2.45, 2.75) is 20.3 Å². The number of ketones is 2. The molecule has 1 aliphatic rings. The van der Waals surface area contributed by atoms with Gasteiger partial charge in [0, 0.05) is 24.1 Å². The molecule has 0 aliphatic heterocycles. The van der Waals surface area contributed by atoms with Crippen LogP contribution in [0.15, 0.2) is 30.0 Å². The topological polar surface area (TPSA) is 74.7 Å². The van der Waals surface area contributed by atoms with E-state index in [2.05, 4.69) is 0 Å². The maximum absolute atomic E-state index is 12.2. The van der Waals surface area contributed by atoms with Crippen molar-refractivity contribution in [2.24, 2.45) is 0 Å². The maximum atomic E-state index is 12.2. The van der Waals surface area contributed by atoms with Crippen LogP contribution in [-0.4, -0.2) is 34.0 Å². The van der Waals surface area contributed by atoms with Crippen LogP contribution in [0.1, 0.15) is 36.2 Å². The van der Waals surface area contributed by atoms with Crippen molar-refractivity contribution < 1.29 is 19.5 Å². The summed E-state index contributed by atoms with van der Waals surface area (Å²) in [4.78, 5) is 37.3. The molecule has 0 heterocycles. The van der Waals surface area contributed by atoms with Crippen molar-refractivity contribution in [3.63, 3.8) is 0 Å². The fourth-order valence-electron chi connectivity index (χ4n) is 2.25. The van der Waals surface area contributed by atoms with Crippen molar-refractivity contribution in [2.75, 3.05) is 6.54 Å². The number of benzene rings is 1. The van der Waals surface area contributed by atoms with Crippen LogP contribution in [0.5, 0.6) is 0 Å². The molecule has 0 saturated heterocycles. The molecular weight excluding hydrogens is 258 g/mol. The highest BCUT2D eigenvalue weighted by atomic mass is 16.3. The predicted molar refractivity (Wildman–Crippen MR) is 73.0 cm³/mol. The standard InChI is InChI=1S/C15H15NO4/c1-3-11(17)16(4-2)12-13(18)9-7-5-6-8-10(9)14(19)15(12)20/h5-8,18H,3-4H2,1-2H3. The Bertz CT molecular complexity index is 631. The maximum Gasteiger partial charge on any atom is 0.253 e. The zero-order valence-electron chi connectivity index (χ0n) is 11.3. The van der Waals surface area contributed by atoms with E-state index in [-0.39, 0.29) is 41.5 Å². The second-order valence-corrected chi connectivity index (χ2v) is 4.39. The van der Waals surface area contributed by atoms with Crippen LogP contribution in [0.3, 0.4) is 0 Å². The molecule has 0 saturated carbocycles. The fourth-order valence-corrected chi connectivity index (χ4v) is 2.25. The van der Waals surface area contributed by atoms with Crippen LogP contribution >= 0.6 is 0 Å². The second kappa shape index (κ2) is 5.28. The number of Topliss-reactive ketones (excluding diaryl/α,β-unsaturated/α-hetero) is 2. The first kappa shape index (κ1) is 14.0. The molecule has 0 atom stereocenters. The SMILES string of the molecule is CCC(=O)N(CC)C1=C(O)c2ccccc2C(=O)C1=O. The van der Waals surface area contributed by atoms with Gasteiger partial charge in [0.1, 0.15) is 5.70 Å². The lowest BCUT2D eigenvalue weighted by atomic mass is 9.91. The molecule has 20 heavy (non-hydrogen) atoms. The van der Waals surface area contributed by atoms with Gasteiger partial charge in [0.2, 0.25) is 11.7 Å². The first-order valence-corrected chi connectivity index (χ1v) is 6.44. The van der Waals surface area contributed by atoms with Crippen molar-refractivity contribution in [3.05, 3.63) is 41.1 Å². The lowest BCUT2D eigenvalue weighted by molar-refractivity contribution is -0.131. The molecule has 5 nitrogen and oxygen atoms in total. The summed E-state index contributed by atoms with van der Waals surface area (Å²) in [5.41, 5.74) is 0.233. The van der Waals surface area contributed by atoms with E-state index < -0.39 is 11.6 Å². The molecule has 1 aliphatic carbocycles. The van der Waals surface area contributed by atoms with Crippen molar-refractivity contribution in [1.82, 2.24) is 4.90 Å². The minimum absolute atomic E-state index is 0.166. The van der Waals surface area contributed by atoms with Crippen LogP contribution < -0.4 is 0 Å². The summed E-state index contributed by atoms with van der Waals surface area (Å²) in [5.74, 6) is -2.16. The third-order valence-corrected chi connectivity index (χ3v) is 3.26. The second-order valence-electron chi connectivity index (χ2n) is 4.39. The average Bonchev–Trinajstić information content (AvgIpc) is 2.48. The number of fused-ring (bicyclic) bond motifs is 1. The van der Waals surface area contributed by atoms with Gasteiger partial charge in [-0.05, 0) is 6.92 Å². The molecule has 0 spiro atoms. The summed E-state index contributed by atoms with van der Waals surface area (Å²) < 4.78 is 0. The number of allylic oxidation sites excluding steroid dienone is 1. The van der Waals surface area contributed by atoms with Gasteiger partial charge in [-0.25, -0.2) is 0 Å². The molecule has 1 N–H and O–H groups in total. The predicted octanol–water partition coefficient (Wildman–Crippen LogP) is 1.94. The van der Waals surface area contributed by atoms with E-state index in [0.717, 1.165) is 4.90 Å². The van der Waals surface area contributed by atoms with Gasteiger partial charge in [-0.1, -0.05) is 31.2 Å². The number of amides is 1. The summed E-state index contributed by atoms with van der Waals surface area (Å²) in [5, 5.41) is 10.3. The third-order valence-electron chi connectivity index (χ3n) is 3.26. The number of hydrogen-bond donors (Lipinski definition) is 1. The van der Waals surface area contributed by atoms with Gasteiger partial charge in [-0.15, -0.1) is 0 Å². The number of aliphatic hydroxyl groups excluding tert-OH is 1. The van der Waals surface area contributed by atoms with Crippen LogP contribution in [0.4, 0.5) is 0 Å². The van der Waals surface area contributed by atoms with E-state index in [9.17, 15) is 19.5 Å². The number of carbonyl (C=O) groups is 3. The first-order chi connectivity index (χ1) is 9.52. The monoisotopic (exact) mass is 273 g/mol. The van der Waals surface area contributed by atoms with Crippen molar-refractivity contribution in [3.8, 4) is 0 Å². The summed E-state index contributed by atoms with van der Waals surface area (Å²) in [6, 6.07) is 6.32. The van der Waals surface area contributed by atoms with E-state index in [0.29, 0.717) is 0 Å². The summed E-state index contributed by atoms with van der Waals surface area (Å²) in [6.45, 7) is 3.56. The zero-order valence-corrected chi connectivity index (χ0v) is 11.3. The summed E-state index contributed by atoms with van der Waals surface area (Å²) in [7, 11) is 0. The van der Waals surface area contributed by atoms with E-state index in [1.165, 1.54) is 6.07 Å². The fraction of sp³-hybridized carbons (Fsp3) is 0.267. The lowest BCUT2D eigenvalue weighted by Gasteiger charge is -2.26. The largest absolute Gasteiger partial charge is 0.505 e. The number of likely N-dealkylation sites (N-methyl/N-ethyl adjacent to an activating group) is 1. The van der Waals surface area contributed by atoms with E-state index >= 15 is 0 Å². The number of hydrogen-bond acceptors (Lipinski definition) is 4. The van der Waals surface area contributed by atoms with Crippen LogP contribution in [-0.2, 0) is 9.59 Å². The highest BCUT2D eigenvalue weighted by Crippen LogP contribution is 2.29. The Balaban J connectivity index is 2.65. The Labute approximate surface area is 116 Å². The molecule has 0 unspecified atom stereocenters. The molecule has 1 amide bonds. The van der Waals surface area contributed by atoms with Crippen LogP contribution in [0.25, 0.3) is 5.76 Å². The molecule has 104 valence electrons. The minimum atomic E-state index is -0.843. The van der Waals surface area contributed by atoms with E-state index in [4.69, 9.17) is 0 Å². The summed E-state index contributed by atoms with van der Waals surface area (Å²) >= 11 is 0. The van der Waals surface area contributed by atoms with Gasteiger partial charge in [-0.3, -0.25) is 14.4 Å². The molecule has 0 fully saturated rings. The van der Waals surface area contributed by atoms with Crippen molar-refractivity contribution >= 4 is 23.2 Å². The van der Waals surface area contributed by atoms with Gasteiger partial charge in [-0.2, -0.15) is 0 Å². The number of nitrogens with zero attached hydrogens (tertiary/aromatic N) is 1. The average molecular weight is 273 g/mol. The molecule has 5 heteroatoms. The molecule has 0 aromatic heterocycles. The van der Waals surface area contributed by atoms with E-state index in [1.54, 1.807) is 32.0 Å². The Morgan fingerprint density at radius 1 is 1.10 bits per heavy atom. The number of aliphatic hydroxyl groups is 1. The summed E-state index contributed by atoms with van der Waals surface area (Å²) in [6.07, 6.45) is 0.188. The Kier molecular flexibility index (Phi) is 3.70. The lowest BCUT2D eigenvalue weighted by Crippen LogP contribution is -2.38. The molecule has 1 aromatic rings. The molecule has 2 rings (SSSR count). The highest BCUT2D eigenvalue weighted by molar-refractivity contribution is 6.52. The van der Waals surface area contributed by atoms with Crippen LogP contribution in [0, 0.1) is 0 Å². The number of rotatable bonds is 3. The third kappa shape index (κ3) is 2.01.